The van der Waals surface area contributed by atoms with Crippen molar-refractivity contribution in [2.45, 2.75) is 26.2 Å². The monoisotopic (exact) mass is 231 g/mol. The molecule has 4 heteroatoms. The maximum absolute atomic E-state index is 5.52. The molecule has 1 unspecified atom stereocenters. The highest BCUT2D eigenvalue weighted by Crippen LogP contribution is 2.19. The first-order valence-corrected chi connectivity index (χ1v) is 6.22. The molecule has 0 aromatic carbocycles. The highest BCUT2D eigenvalue weighted by molar-refractivity contribution is 5.39. The second-order valence-electron chi connectivity index (χ2n) is 4.76. The minimum Gasteiger partial charge on any atom is -0.381 e. The van der Waals surface area contributed by atoms with Gasteiger partial charge < -0.3 is 4.74 Å². The van der Waals surface area contributed by atoms with Gasteiger partial charge in [0.1, 0.15) is 5.82 Å². The number of aromatic nitrogens is 3. The van der Waals surface area contributed by atoms with E-state index in [-0.39, 0.29) is 0 Å². The first kappa shape index (κ1) is 10.7. The summed E-state index contributed by atoms with van der Waals surface area (Å²) < 4.78 is 7.66. The average molecular weight is 231 g/mol. The summed E-state index contributed by atoms with van der Waals surface area (Å²) in [5.74, 6) is 1.66. The van der Waals surface area contributed by atoms with Gasteiger partial charge in [0.25, 0.3) is 0 Å². The van der Waals surface area contributed by atoms with Crippen molar-refractivity contribution >= 4 is 5.65 Å². The van der Waals surface area contributed by atoms with Crippen LogP contribution in [0.25, 0.3) is 5.65 Å². The van der Waals surface area contributed by atoms with Gasteiger partial charge in [-0.1, -0.05) is 6.07 Å². The van der Waals surface area contributed by atoms with Crippen LogP contribution < -0.4 is 0 Å². The molecule has 1 atom stereocenters. The van der Waals surface area contributed by atoms with Gasteiger partial charge in [0, 0.05) is 25.3 Å². The van der Waals surface area contributed by atoms with Gasteiger partial charge >= 0.3 is 0 Å². The van der Waals surface area contributed by atoms with Crippen LogP contribution in [-0.2, 0) is 11.2 Å². The molecule has 4 nitrogen and oxygen atoms in total. The zero-order valence-electron chi connectivity index (χ0n) is 10.1. The van der Waals surface area contributed by atoms with Crippen molar-refractivity contribution in [2.24, 2.45) is 5.92 Å². The first-order chi connectivity index (χ1) is 8.34. The summed E-state index contributed by atoms with van der Waals surface area (Å²) >= 11 is 0. The Hall–Kier alpha value is -1.42. The molecule has 0 aliphatic carbocycles. The molecule has 0 spiro atoms. The summed E-state index contributed by atoms with van der Waals surface area (Å²) in [6, 6.07) is 6.12. The van der Waals surface area contributed by atoms with Gasteiger partial charge in [-0.3, -0.25) is 4.40 Å². The second kappa shape index (κ2) is 4.45. The highest BCUT2D eigenvalue weighted by atomic mass is 16.5. The fourth-order valence-electron chi connectivity index (χ4n) is 2.53. The Morgan fingerprint density at radius 1 is 1.41 bits per heavy atom. The molecule has 2 aromatic heterocycles. The van der Waals surface area contributed by atoms with Crippen LogP contribution in [0.3, 0.4) is 0 Å². The quantitative estimate of drug-likeness (QED) is 0.793. The van der Waals surface area contributed by atoms with Crippen molar-refractivity contribution in [3.8, 4) is 0 Å². The lowest BCUT2D eigenvalue weighted by atomic mass is 9.98. The largest absolute Gasteiger partial charge is 0.381 e. The standard InChI is InChI=1S/C13H17N3O/c1-10-4-2-6-12-14-15-13(16(10)12)8-11-5-3-7-17-9-11/h2,4,6,11H,3,5,7-9H2,1H3. The number of nitrogens with zero attached hydrogens (tertiary/aromatic N) is 3. The van der Waals surface area contributed by atoms with E-state index in [4.69, 9.17) is 4.74 Å². The molecule has 1 aliphatic heterocycles. The van der Waals surface area contributed by atoms with E-state index in [0.29, 0.717) is 5.92 Å². The van der Waals surface area contributed by atoms with Crippen molar-refractivity contribution in [2.75, 3.05) is 13.2 Å². The molecule has 90 valence electrons. The van der Waals surface area contributed by atoms with Gasteiger partial charge in [0.2, 0.25) is 0 Å². The fraction of sp³-hybridized carbons (Fsp3) is 0.538. The minimum atomic E-state index is 0.593. The van der Waals surface area contributed by atoms with E-state index in [1.165, 1.54) is 18.5 Å². The molecule has 0 N–H and O–H groups in total. The Kier molecular flexibility index (Phi) is 2.81. The SMILES string of the molecule is Cc1cccc2nnc(CC3CCCOC3)n12. The molecular formula is C13H17N3O. The average Bonchev–Trinajstić information content (AvgIpc) is 2.75. The highest BCUT2D eigenvalue weighted by Gasteiger charge is 2.17. The molecular weight excluding hydrogens is 214 g/mol. The summed E-state index contributed by atoms with van der Waals surface area (Å²) in [6.45, 7) is 3.87. The second-order valence-corrected chi connectivity index (χ2v) is 4.76. The van der Waals surface area contributed by atoms with Crippen molar-refractivity contribution in [3.63, 3.8) is 0 Å². The molecule has 0 amide bonds. The van der Waals surface area contributed by atoms with E-state index >= 15 is 0 Å². The number of ether oxygens (including phenoxy) is 1. The smallest absolute Gasteiger partial charge is 0.160 e. The van der Waals surface area contributed by atoms with Gasteiger partial charge in [-0.05, 0) is 37.8 Å². The molecule has 1 saturated heterocycles. The maximum atomic E-state index is 5.52. The molecule has 0 radical (unpaired) electrons. The van der Waals surface area contributed by atoms with Gasteiger partial charge in [-0.15, -0.1) is 10.2 Å². The summed E-state index contributed by atoms with van der Waals surface area (Å²) in [6.07, 6.45) is 3.37. The Labute approximate surface area is 101 Å². The van der Waals surface area contributed by atoms with E-state index in [1.54, 1.807) is 0 Å². The summed E-state index contributed by atoms with van der Waals surface area (Å²) in [5, 5.41) is 8.52. The third-order valence-electron chi connectivity index (χ3n) is 3.42. The number of pyridine rings is 1. The van der Waals surface area contributed by atoms with Crippen molar-refractivity contribution < 1.29 is 4.74 Å². The lowest BCUT2D eigenvalue weighted by molar-refractivity contribution is 0.0542. The first-order valence-electron chi connectivity index (χ1n) is 6.22. The molecule has 3 rings (SSSR count). The summed E-state index contributed by atoms with van der Waals surface area (Å²) in [7, 11) is 0. The van der Waals surface area contributed by atoms with Crippen molar-refractivity contribution in [3.05, 3.63) is 29.7 Å². The molecule has 0 bridgehead atoms. The molecule has 1 aliphatic rings. The van der Waals surface area contributed by atoms with E-state index in [2.05, 4.69) is 27.6 Å². The third kappa shape index (κ3) is 2.05. The number of fused-ring (bicyclic) bond motifs is 1. The number of rotatable bonds is 2. The minimum absolute atomic E-state index is 0.593. The number of aryl methyl sites for hydroxylation is 1. The van der Waals surface area contributed by atoms with Gasteiger partial charge in [-0.25, -0.2) is 0 Å². The Bertz CT molecular complexity index is 514. The van der Waals surface area contributed by atoms with Crippen LogP contribution in [0.1, 0.15) is 24.4 Å². The van der Waals surface area contributed by atoms with Crippen LogP contribution in [0.2, 0.25) is 0 Å². The third-order valence-corrected chi connectivity index (χ3v) is 3.42. The van der Waals surface area contributed by atoms with E-state index in [0.717, 1.165) is 31.1 Å². The predicted octanol–water partition coefficient (Wildman–Crippen LogP) is 2.01. The van der Waals surface area contributed by atoms with E-state index in [1.807, 2.05) is 12.1 Å². The van der Waals surface area contributed by atoms with Crippen LogP contribution in [-0.4, -0.2) is 27.8 Å². The summed E-state index contributed by atoms with van der Waals surface area (Å²) in [4.78, 5) is 0. The van der Waals surface area contributed by atoms with Gasteiger partial charge in [0.15, 0.2) is 5.65 Å². The zero-order valence-corrected chi connectivity index (χ0v) is 10.1. The molecule has 2 aromatic rings. The molecule has 3 heterocycles. The van der Waals surface area contributed by atoms with Crippen LogP contribution in [0.15, 0.2) is 18.2 Å². The maximum Gasteiger partial charge on any atom is 0.160 e. The Morgan fingerprint density at radius 3 is 3.18 bits per heavy atom. The molecule has 1 fully saturated rings. The lowest BCUT2D eigenvalue weighted by Gasteiger charge is -2.21. The lowest BCUT2D eigenvalue weighted by Crippen LogP contribution is -2.20. The number of hydrogen-bond donors (Lipinski definition) is 0. The van der Waals surface area contributed by atoms with Gasteiger partial charge in [-0.2, -0.15) is 0 Å². The Morgan fingerprint density at radius 2 is 2.35 bits per heavy atom. The zero-order chi connectivity index (χ0) is 11.7. The van der Waals surface area contributed by atoms with Crippen LogP contribution >= 0.6 is 0 Å². The van der Waals surface area contributed by atoms with Crippen LogP contribution in [0.4, 0.5) is 0 Å². The van der Waals surface area contributed by atoms with Crippen LogP contribution in [0, 0.1) is 12.8 Å². The molecule has 0 saturated carbocycles. The predicted molar refractivity (Wildman–Crippen MR) is 65.0 cm³/mol. The fourth-order valence-corrected chi connectivity index (χ4v) is 2.53. The topological polar surface area (TPSA) is 39.4 Å². The Balaban J connectivity index is 1.89. The van der Waals surface area contributed by atoms with E-state index in [9.17, 15) is 0 Å². The normalized spacial score (nSPS) is 20.9. The summed E-state index contributed by atoms with van der Waals surface area (Å²) in [5.41, 5.74) is 2.14. The van der Waals surface area contributed by atoms with Crippen molar-refractivity contribution in [1.29, 1.82) is 0 Å². The number of hydrogen-bond acceptors (Lipinski definition) is 3. The van der Waals surface area contributed by atoms with Crippen molar-refractivity contribution in [1.82, 2.24) is 14.6 Å². The van der Waals surface area contributed by atoms with E-state index < -0.39 is 0 Å². The molecule has 17 heavy (non-hydrogen) atoms. The van der Waals surface area contributed by atoms with Crippen LogP contribution in [0.5, 0.6) is 0 Å². The van der Waals surface area contributed by atoms with Gasteiger partial charge in [0.05, 0.1) is 0 Å².